The molecule has 0 aliphatic carbocycles. The van der Waals surface area contributed by atoms with Crippen molar-refractivity contribution < 1.29 is 4.92 Å². The Morgan fingerprint density at radius 2 is 1.79 bits per heavy atom. The Bertz CT molecular complexity index is 628. The van der Waals surface area contributed by atoms with Gasteiger partial charge in [-0.3, -0.25) is 15.1 Å². The molecule has 19 heavy (non-hydrogen) atoms. The highest BCUT2D eigenvalue weighted by atomic mass is 16.6. The van der Waals surface area contributed by atoms with Gasteiger partial charge in [0.1, 0.15) is 0 Å². The fourth-order valence-electron chi connectivity index (χ4n) is 1.89. The Hall–Kier alpha value is -2.49. The minimum atomic E-state index is -0.409. The molecule has 0 aromatic heterocycles. The van der Waals surface area contributed by atoms with Crippen LogP contribution in [0.4, 0.5) is 11.4 Å². The molecule has 4 heteroatoms. The zero-order valence-electron chi connectivity index (χ0n) is 10.8. The van der Waals surface area contributed by atoms with Crippen molar-refractivity contribution in [3.63, 3.8) is 0 Å². The molecule has 0 unspecified atom stereocenters. The lowest BCUT2D eigenvalue weighted by molar-refractivity contribution is -0.384. The van der Waals surface area contributed by atoms with Crippen LogP contribution in [0.25, 0.3) is 0 Å². The van der Waals surface area contributed by atoms with Crippen molar-refractivity contribution in [2.45, 2.75) is 13.8 Å². The minimum absolute atomic E-state index is 0.0735. The van der Waals surface area contributed by atoms with Gasteiger partial charge in [-0.2, -0.15) is 0 Å². The average Bonchev–Trinajstić information content (AvgIpc) is 2.35. The molecule has 0 fully saturated rings. The van der Waals surface area contributed by atoms with Gasteiger partial charge in [-0.05, 0) is 42.7 Å². The lowest BCUT2D eigenvalue weighted by Crippen LogP contribution is -1.89. The second kappa shape index (κ2) is 5.44. The van der Waals surface area contributed by atoms with Gasteiger partial charge in [-0.15, -0.1) is 0 Å². The summed E-state index contributed by atoms with van der Waals surface area (Å²) in [4.78, 5) is 14.6. The third-order valence-electron chi connectivity index (χ3n) is 2.65. The number of hydrogen-bond donors (Lipinski definition) is 0. The molecular formula is C15H14N2O2. The molecule has 96 valence electrons. The van der Waals surface area contributed by atoms with Crippen LogP contribution in [0.1, 0.15) is 16.7 Å². The van der Waals surface area contributed by atoms with Crippen molar-refractivity contribution >= 4 is 17.6 Å². The van der Waals surface area contributed by atoms with E-state index in [0.717, 1.165) is 16.8 Å². The van der Waals surface area contributed by atoms with Gasteiger partial charge in [0, 0.05) is 18.3 Å². The molecule has 0 N–H and O–H groups in total. The van der Waals surface area contributed by atoms with E-state index in [0.29, 0.717) is 5.56 Å². The van der Waals surface area contributed by atoms with Crippen LogP contribution >= 0.6 is 0 Å². The van der Waals surface area contributed by atoms with Gasteiger partial charge in [0.05, 0.1) is 10.6 Å². The molecule has 0 spiro atoms. The number of hydrogen-bond acceptors (Lipinski definition) is 3. The van der Waals surface area contributed by atoms with Gasteiger partial charge in [0.2, 0.25) is 0 Å². The molecule has 0 aliphatic heterocycles. The number of aryl methyl sites for hydroxylation is 2. The highest BCUT2D eigenvalue weighted by Gasteiger charge is 2.03. The van der Waals surface area contributed by atoms with Crippen molar-refractivity contribution in [1.29, 1.82) is 0 Å². The summed E-state index contributed by atoms with van der Waals surface area (Å²) < 4.78 is 0. The molecule has 2 aromatic carbocycles. The SMILES string of the molecule is Cc1cc(C)cc(N=Cc2cccc([N+](=O)[O-])c2)c1. The predicted molar refractivity (Wildman–Crippen MR) is 76.3 cm³/mol. The van der Waals surface area contributed by atoms with E-state index in [1.807, 2.05) is 26.0 Å². The van der Waals surface area contributed by atoms with Crippen LogP contribution in [0.5, 0.6) is 0 Å². The van der Waals surface area contributed by atoms with E-state index in [-0.39, 0.29) is 5.69 Å². The minimum Gasteiger partial charge on any atom is -0.258 e. The van der Waals surface area contributed by atoms with E-state index in [1.54, 1.807) is 18.3 Å². The Morgan fingerprint density at radius 1 is 1.11 bits per heavy atom. The van der Waals surface area contributed by atoms with E-state index < -0.39 is 4.92 Å². The number of nitrogens with zero attached hydrogens (tertiary/aromatic N) is 2. The lowest BCUT2D eigenvalue weighted by Gasteiger charge is -1.99. The molecule has 0 heterocycles. The first-order chi connectivity index (χ1) is 9.04. The first-order valence-electron chi connectivity index (χ1n) is 5.91. The zero-order valence-corrected chi connectivity index (χ0v) is 10.8. The van der Waals surface area contributed by atoms with Crippen LogP contribution in [0.15, 0.2) is 47.5 Å². The molecule has 2 aromatic rings. The molecule has 0 radical (unpaired) electrons. The van der Waals surface area contributed by atoms with E-state index >= 15 is 0 Å². The summed E-state index contributed by atoms with van der Waals surface area (Å²) in [6.07, 6.45) is 1.64. The van der Waals surface area contributed by atoms with Gasteiger partial charge < -0.3 is 0 Å². The molecular weight excluding hydrogens is 240 g/mol. The van der Waals surface area contributed by atoms with E-state index in [1.165, 1.54) is 12.1 Å². The van der Waals surface area contributed by atoms with Crippen molar-refractivity contribution in [3.05, 3.63) is 69.3 Å². The number of benzene rings is 2. The highest BCUT2D eigenvalue weighted by Crippen LogP contribution is 2.17. The van der Waals surface area contributed by atoms with Crippen molar-refractivity contribution in [3.8, 4) is 0 Å². The summed E-state index contributed by atoms with van der Waals surface area (Å²) in [6.45, 7) is 4.03. The predicted octanol–water partition coefficient (Wildman–Crippen LogP) is 3.96. The van der Waals surface area contributed by atoms with E-state index in [2.05, 4.69) is 11.1 Å². The second-order valence-electron chi connectivity index (χ2n) is 4.46. The fourth-order valence-corrected chi connectivity index (χ4v) is 1.89. The first-order valence-corrected chi connectivity index (χ1v) is 5.91. The van der Waals surface area contributed by atoms with Gasteiger partial charge in [-0.25, -0.2) is 0 Å². The van der Waals surface area contributed by atoms with Crippen molar-refractivity contribution in [1.82, 2.24) is 0 Å². The highest BCUT2D eigenvalue weighted by molar-refractivity contribution is 5.82. The standard InChI is InChI=1S/C15H14N2O2/c1-11-6-12(2)8-14(7-11)16-10-13-4-3-5-15(9-13)17(18)19/h3-10H,1-2H3. The van der Waals surface area contributed by atoms with Crippen LogP contribution in [-0.2, 0) is 0 Å². The monoisotopic (exact) mass is 254 g/mol. The van der Waals surface area contributed by atoms with Gasteiger partial charge in [0.15, 0.2) is 0 Å². The molecule has 0 bridgehead atoms. The summed E-state index contributed by atoms with van der Waals surface area (Å²) in [5, 5.41) is 10.7. The summed E-state index contributed by atoms with van der Waals surface area (Å²) >= 11 is 0. The lowest BCUT2D eigenvalue weighted by atomic mass is 10.1. The maximum atomic E-state index is 10.7. The number of aliphatic imine (C=N–C) groups is 1. The normalized spacial score (nSPS) is 10.8. The molecule has 0 saturated carbocycles. The number of nitro groups is 1. The molecule has 0 aliphatic rings. The van der Waals surface area contributed by atoms with Crippen LogP contribution < -0.4 is 0 Å². The average molecular weight is 254 g/mol. The summed E-state index contributed by atoms with van der Waals surface area (Å²) in [5.74, 6) is 0. The molecule has 4 nitrogen and oxygen atoms in total. The third kappa shape index (κ3) is 3.48. The van der Waals surface area contributed by atoms with E-state index in [9.17, 15) is 10.1 Å². The van der Waals surface area contributed by atoms with Crippen LogP contribution in [-0.4, -0.2) is 11.1 Å². The largest absolute Gasteiger partial charge is 0.270 e. The van der Waals surface area contributed by atoms with Gasteiger partial charge >= 0.3 is 0 Å². The maximum absolute atomic E-state index is 10.7. The summed E-state index contributed by atoms with van der Waals surface area (Å²) in [7, 11) is 0. The maximum Gasteiger partial charge on any atom is 0.270 e. The van der Waals surface area contributed by atoms with Gasteiger partial charge in [-0.1, -0.05) is 18.2 Å². The Labute approximate surface area is 111 Å². The molecule has 0 atom stereocenters. The van der Waals surface area contributed by atoms with Crippen LogP contribution in [0, 0.1) is 24.0 Å². The Balaban J connectivity index is 2.27. The Kier molecular flexibility index (Phi) is 3.71. The molecule has 2 rings (SSSR count). The van der Waals surface area contributed by atoms with Crippen LogP contribution in [0.2, 0.25) is 0 Å². The first kappa shape index (κ1) is 13.0. The topological polar surface area (TPSA) is 55.5 Å². The van der Waals surface area contributed by atoms with Crippen molar-refractivity contribution in [2.24, 2.45) is 4.99 Å². The third-order valence-corrected chi connectivity index (χ3v) is 2.65. The Morgan fingerprint density at radius 3 is 2.42 bits per heavy atom. The van der Waals surface area contributed by atoms with Crippen molar-refractivity contribution in [2.75, 3.05) is 0 Å². The molecule has 0 saturated heterocycles. The zero-order chi connectivity index (χ0) is 13.8. The second-order valence-corrected chi connectivity index (χ2v) is 4.46. The van der Waals surface area contributed by atoms with E-state index in [4.69, 9.17) is 0 Å². The molecule has 0 amide bonds. The summed E-state index contributed by atoms with van der Waals surface area (Å²) in [6, 6.07) is 12.4. The number of rotatable bonds is 3. The number of nitro benzene ring substituents is 1. The fraction of sp³-hybridized carbons (Fsp3) is 0.133. The van der Waals surface area contributed by atoms with Gasteiger partial charge in [0.25, 0.3) is 5.69 Å². The van der Waals surface area contributed by atoms with Crippen LogP contribution in [0.3, 0.4) is 0 Å². The number of non-ortho nitro benzene ring substituents is 1. The smallest absolute Gasteiger partial charge is 0.258 e. The quantitative estimate of drug-likeness (QED) is 0.473. The summed E-state index contributed by atoms with van der Waals surface area (Å²) in [5.41, 5.74) is 3.93.